The number of amides is 2. The molecule has 0 aromatic rings. The van der Waals surface area contributed by atoms with Gasteiger partial charge in [0.2, 0.25) is 11.8 Å². The highest BCUT2D eigenvalue weighted by Gasteiger charge is 2.03. The third-order valence-corrected chi connectivity index (χ3v) is 9.10. The minimum atomic E-state index is 0.117. The molecule has 0 saturated carbocycles. The summed E-state index contributed by atoms with van der Waals surface area (Å²) in [7, 11) is 0. The monoisotopic (exact) mass is 645 g/mol. The lowest BCUT2D eigenvalue weighted by molar-refractivity contribution is -0.123. The summed E-state index contributed by atoms with van der Waals surface area (Å²) in [6.07, 6.45) is 49.5. The van der Waals surface area contributed by atoms with Gasteiger partial charge in [-0.25, -0.2) is 0 Å². The fourth-order valence-corrected chi connectivity index (χ4v) is 6.00. The molecule has 0 atom stereocenters. The minimum absolute atomic E-state index is 0.117. The van der Waals surface area contributed by atoms with Gasteiger partial charge < -0.3 is 10.6 Å². The van der Waals surface area contributed by atoms with Gasteiger partial charge in [0.05, 0.1) is 0 Å². The number of carbonyl (C=O) groups excluding carboxylic acids is 2. The molecule has 2 amide bonds. The van der Waals surface area contributed by atoms with E-state index in [0.717, 1.165) is 25.7 Å². The first-order chi connectivity index (χ1) is 22.7. The second-order valence-electron chi connectivity index (χ2n) is 13.8. The van der Waals surface area contributed by atoms with E-state index in [1.807, 2.05) is 0 Å². The Bertz CT molecular complexity index is 629. The molecule has 4 nitrogen and oxygen atoms in total. The zero-order chi connectivity index (χ0) is 33.4. The lowest BCUT2D eigenvalue weighted by Gasteiger charge is -2.07. The Kier molecular flexibility index (Phi) is 38.2. The fraction of sp³-hybridized carbons (Fsp3) is 0.857. The summed E-state index contributed by atoms with van der Waals surface area (Å²) in [4.78, 5) is 24.1. The highest BCUT2D eigenvalue weighted by Crippen LogP contribution is 2.13. The average Bonchev–Trinajstić information content (AvgIpc) is 3.06. The van der Waals surface area contributed by atoms with Crippen molar-refractivity contribution < 1.29 is 9.59 Å². The summed E-state index contributed by atoms with van der Waals surface area (Å²) < 4.78 is 0. The van der Waals surface area contributed by atoms with Crippen LogP contribution in [0.15, 0.2) is 24.3 Å². The molecule has 0 aromatic heterocycles. The van der Waals surface area contributed by atoms with Gasteiger partial charge in [0.25, 0.3) is 0 Å². The van der Waals surface area contributed by atoms with Crippen molar-refractivity contribution in [3.63, 3.8) is 0 Å². The van der Waals surface area contributed by atoms with Gasteiger partial charge in [-0.2, -0.15) is 0 Å². The van der Waals surface area contributed by atoms with E-state index in [9.17, 15) is 9.59 Å². The van der Waals surface area contributed by atoms with Crippen LogP contribution in [0.1, 0.15) is 219 Å². The Morgan fingerprint density at radius 2 is 0.587 bits per heavy atom. The van der Waals surface area contributed by atoms with Crippen molar-refractivity contribution in [3.05, 3.63) is 24.3 Å². The summed E-state index contributed by atoms with van der Waals surface area (Å²) in [5.74, 6) is 0.234. The molecule has 0 heterocycles. The van der Waals surface area contributed by atoms with Crippen LogP contribution in [0.4, 0.5) is 0 Å². The molecule has 4 heteroatoms. The first-order valence-corrected chi connectivity index (χ1v) is 20.5. The Balaban J connectivity index is 3.32. The van der Waals surface area contributed by atoms with Crippen molar-refractivity contribution in [2.24, 2.45) is 0 Å². The summed E-state index contributed by atoms with van der Waals surface area (Å²) in [5.41, 5.74) is 0. The Hall–Kier alpha value is -1.58. The molecule has 2 N–H and O–H groups in total. The number of hydrogen-bond donors (Lipinski definition) is 2. The van der Waals surface area contributed by atoms with Crippen LogP contribution in [-0.4, -0.2) is 24.9 Å². The molecule has 0 aliphatic rings. The number of allylic oxidation sites excluding steroid dienone is 4. The van der Waals surface area contributed by atoms with Crippen LogP contribution < -0.4 is 10.6 Å². The van der Waals surface area contributed by atoms with Crippen LogP contribution in [-0.2, 0) is 9.59 Å². The van der Waals surface area contributed by atoms with E-state index in [2.05, 4.69) is 48.8 Å². The van der Waals surface area contributed by atoms with Crippen molar-refractivity contribution in [1.82, 2.24) is 10.6 Å². The van der Waals surface area contributed by atoms with Crippen LogP contribution in [0.5, 0.6) is 0 Å². The highest BCUT2D eigenvalue weighted by molar-refractivity contribution is 5.77. The van der Waals surface area contributed by atoms with E-state index < -0.39 is 0 Å². The molecular weight excluding hydrogens is 564 g/mol. The van der Waals surface area contributed by atoms with E-state index in [-0.39, 0.29) is 11.8 Å². The van der Waals surface area contributed by atoms with Gasteiger partial charge in [-0.3, -0.25) is 9.59 Å². The summed E-state index contributed by atoms with van der Waals surface area (Å²) in [6, 6.07) is 0. The molecule has 270 valence electrons. The standard InChI is InChI=1S/C42H80N2O2/c1-3-5-7-9-11-13-15-17-19-21-23-25-27-29-31-33-35-37-41(45)43-39-40-44-42(46)38-36-34-32-30-28-26-24-22-20-18-16-14-12-10-8-6-4-2/h17-20H,3-16,21-40H2,1-2H3,(H,43,45)(H,44,46)/b19-17-,20-18-. The second kappa shape index (κ2) is 39.6. The van der Waals surface area contributed by atoms with Gasteiger partial charge in [0.15, 0.2) is 0 Å². The van der Waals surface area contributed by atoms with Gasteiger partial charge in [-0.1, -0.05) is 167 Å². The lowest BCUT2D eigenvalue weighted by Crippen LogP contribution is -2.34. The molecule has 0 spiro atoms. The number of carbonyl (C=O) groups is 2. The van der Waals surface area contributed by atoms with Gasteiger partial charge >= 0.3 is 0 Å². The quantitative estimate of drug-likeness (QED) is 0.0522. The molecule has 0 radical (unpaired) electrons. The molecule has 0 fully saturated rings. The van der Waals surface area contributed by atoms with E-state index in [1.165, 1.54) is 167 Å². The third kappa shape index (κ3) is 38.6. The van der Waals surface area contributed by atoms with Crippen LogP contribution in [0.2, 0.25) is 0 Å². The van der Waals surface area contributed by atoms with E-state index >= 15 is 0 Å². The first-order valence-electron chi connectivity index (χ1n) is 20.5. The summed E-state index contributed by atoms with van der Waals surface area (Å²) in [6.45, 7) is 5.62. The predicted molar refractivity (Wildman–Crippen MR) is 203 cm³/mol. The number of hydrogen-bond acceptors (Lipinski definition) is 2. The average molecular weight is 645 g/mol. The first kappa shape index (κ1) is 44.4. The van der Waals surface area contributed by atoms with Gasteiger partial charge in [0.1, 0.15) is 0 Å². The summed E-state index contributed by atoms with van der Waals surface area (Å²) >= 11 is 0. The zero-order valence-electron chi connectivity index (χ0n) is 31.2. The Morgan fingerprint density at radius 3 is 0.870 bits per heavy atom. The van der Waals surface area contributed by atoms with Crippen molar-refractivity contribution in [1.29, 1.82) is 0 Å². The van der Waals surface area contributed by atoms with E-state index in [4.69, 9.17) is 0 Å². The maximum atomic E-state index is 12.1. The van der Waals surface area contributed by atoms with Crippen molar-refractivity contribution in [2.75, 3.05) is 13.1 Å². The fourth-order valence-electron chi connectivity index (χ4n) is 6.00. The van der Waals surface area contributed by atoms with Gasteiger partial charge in [0, 0.05) is 25.9 Å². The maximum Gasteiger partial charge on any atom is 0.220 e. The molecule has 0 unspecified atom stereocenters. The molecule has 46 heavy (non-hydrogen) atoms. The highest BCUT2D eigenvalue weighted by atomic mass is 16.2. The second-order valence-corrected chi connectivity index (χ2v) is 13.8. The van der Waals surface area contributed by atoms with Crippen LogP contribution >= 0.6 is 0 Å². The zero-order valence-corrected chi connectivity index (χ0v) is 31.2. The molecule has 0 aromatic carbocycles. The topological polar surface area (TPSA) is 58.2 Å². The molecule has 0 bridgehead atoms. The lowest BCUT2D eigenvalue weighted by atomic mass is 10.1. The third-order valence-electron chi connectivity index (χ3n) is 9.10. The predicted octanol–water partition coefficient (Wildman–Crippen LogP) is 12.9. The number of unbranched alkanes of at least 4 members (excludes halogenated alkanes) is 26. The van der Waals surface area contributed by atoms with Crippen molar-refractivity contribution in [2.45, 2.75) is 219 Å². The Labute approximate surface area is 288 Å². The molecule has 0 aliphatic carbocycles. The SMILES string of the molecule is CCCCCCCC/C=C\CCCCCCCCCC(=O)NCCNC(=O)CCCCCCCCC/C=C\CCCCCCCC. The maximum absolute atomic E-state index is 12.1. The normalized spacial score (nSPS) is 11.6. The van der Waals surface area contributed by atoms with E-state index in [1.54, 1.807) is 0 Å². The van der Waals surface area contributed by atoms with Crippen molar-refractivity contribution in [3.8, 4) is 0 Å². The van der Waals surface area contributed by atoms with Crippen LogP contribution in [0.3, 0.4) is 0 Å². The number of rotatable bonds is 37. The number of nitrogens with one attached hydrogen (secondary N) is 2. The minimum Gasteiger partial charge on any atom is -0.354 e. The molecule has 0 aliphatic heterocycles. The smallest absolute Gasteiger partial charge is 0.220 e. The Morgan fingerprint density at radius 1 is 0.348 bits per heavy atom. The van der Waals surface area contributed by atoms with E-state index in [0.29, 0.717) is 25.9 Å². The van der Waals surface area contributed by atoms with Gasteiger partial charge in [-0.15, -0.1) is 0 Å². The van der Waals surface area contributed by atoms with Crippen LogP contribution in [0, 0.1) is 0 Å². The molecule has 0 rings (SSSR count). The largest absolute Gasteiger partial charge is 0.354 e. The molecule has 0 saturated heterocycles. The van der Waals surface area contributed by atoms with Crippen molar-refractivity contribution >= 4 is 11.8 Å². The molecular formula is C42H80N2O2. The van der Waals surface area contributed by atoms with Crippen LogP contribution in [0.25, 0.3) is 0 Å². The summed E-state index contributed by atoms with van der Waals surface area (Å²) in [5, 5.41) is 5.91. The van der Waals surface area contributed by atoms with Gasteiger partial charge in [-0.05, 0) is 64.2 Å².